The van der Waals surface area contributed by atoms with E-state index in [1.54, 1.807) is 24.6 Å². The van der Waals surface area contributed by atoms with Crippen molar-refractivity contribution in [1.29, 1.82) is 0 Å². The second-order valence-corrected chi connectivity index (χ2v) is 5.42. The standard InChI is InChI=1S/C15H12N2O3S/c18-21(19)10-11-4-6-12(7-5-11)14-9-20-15(17-14)13-3-1-2-8-16-13/h1-9,21H,10H2. The summed E-state index contributed by atoms with van der Waals surface area (Å²) in [6.07, 6.45) is 3.24. The molecule has 106 valence electrons. The van der Waals surface area contributed by atoms with Crippen molar-refractivity contribution in [3.8, 4) is 22.8 Å². The molecular weight excluding hydrogens is 288 g/mol. The van der Waals surface area contributed by atoms with Gasteiger partial charge >= 0.3 is 0 Å². The minimum absolute atomic E-state index is 0.0492. The Morgan fingerprint density at radius 1 is 1.00 bits per heavy atom. The third kappa shape index (κ3) is 3.17. The maximum absolute atomic E-state index is 10.7. The molecule has 0 amide bonds. The van der Waals surface area contributed by atoms with Crippen LogP contribution in [0.1, 0.15) is 5.56 Å². The van der Waals surface area contributed by atoms with E-state index >= 15 is 0 Å². The zero-order valence-electron chi connectivity index (χ0n) is 11.0. The van der Waals surface area contributed by atoms with Gasteiger partial charge in [-0.15, -0.1) is 0 Å². The van der Waals surface area contributed by atoms with Crippen LogP contribution in [-0.2, 0) is 16.5 Å². The molecule has 0 unspecified atom stereocenters. The largest absolute Gasteiger partial charge is 0.443 e. The van der Waals surface area contributed by atoms with Gasteiger partial charge in [0.05, 0.1) is 5.75 Å². The minimum atomic E-state index is -2.41. The summed E-state index contributed by atoms with van der Waals surface area (Å²) >= 11 is 0. The first-order chi connectivity index (χ1) is 10.2. The lowest BCUT2D eigenvalue weighted by Gasteiger charge is -1.98. The van der Waals surface area contributed by atoms with Gasteiger partial charge in [0.25, 0.3) is 0 Å². The Kier molecular flexibility index (Phi) is 3.79. The Hall–Kier alpha value is -2.47. The third-order valence-electron chi connectivity index (χ3n) is 2.95. The lowest BCUT2D eigenvalue weighted by molar-refractivity contribution is 0.572. The fourth-order valence-electron chi connectivity index (χ4n) is 1.94. The summed E-state index contributed by atoms with van der Waals surface area (Å²) < 4.78 is 26.8. The zero-order chi connectivity index (χ0) is 14.7. The predicted molar refractivity (Wildman–Crippen MR) is 79.2 cm³/mol. The fourth-order valence-corrected chi connectivity index (χ4v) is 2.45. The highest BCUT2D eigenvalue weighted by Gasteiger charge is 2.09. The van der Waals surface area contributed by atoms with E-state index in [2.05, 4.69) is 9.97 Å². The number of nitrogens with zero attached hydrogens (tertiary/aromatic N) is 2. The van der Waals surface area contributed by atoms with Gasteiger partial charge in [-0.3, -0.25) is 4.98 Å². The van der Waals surface area contributed by atoms with Crippen molar-refractivity contribution >= 4 is 10.7 Å². The van der Waals surface area contributed by atoms with E-state index in [1.807, 2.05) is 30.3 Å². The van der Waals surface area contributed by atoms with Crippen LogP contribution in [0.4, 0.5) is 0 Å². The minimum Gasteiger partial charge on any atom is -0.443 e. The van der Waals surface area contributed by atoms with Crippen LogP contribution in [0.2, 0.25) is 0 Å². The van der Waals surface area contributed by atoms with E-state index in [9.17, 15) is 8.42 Å². The molecule has 0 saturated heterocycles. The van der Waals surface area contributed by atoms with Gasteiger partial charge < -0.3 is 4.42 Å². The zero-order valence-corrected chi connectivity index (χ0v) is 11.9. The van der Waals surface area contributed by atoms with Crippen LogP contribution in [-0.4, -0.2) is 18.4 Å². The average molecular weight is 300 g/mol. The van der Waals surface area contributed by atoms with E-state index in [4.69, 9.17) is 4.42 Å². The Morgan fingerprint density at radius 2 is 1.81 bits per heavy atom. The van der Waals surface area contributed by atoms with E-state index < -0.39 is 10.7 Å². The maximum atomic E-state index is 10.7. The lowest BCUT2D eigenvalue weighted by Crippen LogP contribution is -1.87. The summed E-state index contributed by atoms with van der Waals surface area (Å²) in [5.74, 6) is 0.505. The highest BCUT2D eigenvalue weighted by molar-refractivity contribution is 7.71. The number of pyridine rings is 1. The molecule has 0 aliphatic rings. The number of oxazole rings is 1. The summed E-state index contributed by atoms with van der Waals surface area (Å²) in [7, 11) is -2.41. The summed E-state index contributed by atoms with van der Waals surface area (Å²) in [6, 6.07) is 12.7. The SMILES string of the molecule is O=[SH](=O)Cc1ccc(-c2coc(-c3ccccn3)n2)cc1. The Bertz CT molecular complexity index is 800. The molecule has 2 heterocycles. The van der Waals surface area contributed by atoms with Gasteiger partial charge in [0.2, 0.25) is 5.89 Å². The first-order valence-electron chi connectivity index (χ1n) is 6.30. The summed E-state index contributed by atoms with van der Waals surface area (Å²) in [4.78, 5) is 8.57. The molecule has 5 nitrogen and oxygen atoms in total. The highest BCUT2D eigenvalue weighted by atomic mass is 32.2. The van der Waals surface area contributed by atoms with Crippen LogP contribution < -0.4 is 0 Å². The molecule has 0 aliphatic carbocycles. The maximum Gasteiger partial charge on any atom is 0.245 e. The number of hydrogen-bond donors (Lipinski definition) is 1. The Morgan fingerprint density at radius 3 is 2.48 bits per heavy atom. The van der Waals surface area contributed by atoms with Crippen molar-refractivity contribution in [2.24, 2.45) is 0 Å². The monoisotopic (exact) mass is 300 g/mol. The first-order valence-corrected chi connectivity index (χ1v) is 7.67. The molecule has 21 heavy (non-hydrogen) atoms. The van der Waals surface area contributed by atoms with Crippen molar-refractivity contribution < 1.29 is 12.8 Å². The van der Waals surface area contributed by atoms with Gasteiger partial charge in [0, 0.05) is 11.8 Å². The van der Waals surface area contributed by atoms with Crippen LogP contribution in [0.15, 0.2) is 59.3 Å². The van der Waals surface area contributed by atoms with E-state index in [0.29, 0.717) is 17.3 Å². The van der Waals surface area contributed by atoms with Gasteiger partial charge in [0.15, 0.2) is 0 Å². The highest BCUT2D eigenvalue weighted by Crippen LogP contribution is 2.23. The van der Waals surface area contributed by atoms with E-state index in [0.717, 1.165) is 11.1 Å². The molecule has 0 fully saturated rings. The molecule has 0 bridgehead atoms. The van der Waals surface area contributed by atoms with Gasteiger partial charge in [-0.1, -0.05) is 30.3 Å². The van der Waals surface area contributed by atoms with Crippen molar-refractivity contribution in [2.75, 3.05) is 0 Å². The summed E-state index contributed by atoms with van der Waals surface area (Å²) in [6.45, 7) is 0. The van der Waals surface area contributed by atoms with Crippen LogP contribution in [0.25, 0.3) is 22.8 Å². The summed E-state index contributed by atoms with van der Waals surface area (Å²) in [5.41, 5.74) is 2.98. The van der Waals surface area contributed by atoms with Crippen LogP contribution in [0.5, 0.6) is 0 Å². The molecule has 0 radical (unpaired) electrons. The van der Waals surface area contributed by atoms with Gasteiger partial charge in [-0.05, 0) is 17.7 Å². The lowest BCUT2D eigenvalue weighted by atomic mass is 10.1. The first kappa shape index (κ1) is 13.5. The number of thiol groups is 1. The molecule has 3 rings (SSSR count). The van der Waals surface area contributed by atoms with Crippen LogP contribution in [0, 0.1) is 0 Å². The number of rotatable bonds is 4. The Labute approximate surface area is 123 Å². The van der Waals surface area contributed by atoms with E-state index in [1.165, 1.54) is 0 Å². The average Bonchev–Trinajstić information content (AvgIpc) is 2.98. The molecule has 0 aliphatic heterocycles. The topological polar surface area (TPSA) is 73.1 Å². The van der Waals surface area contributed by atoms with E-state index in [-0.39, 0.29) is 5.75 Å². The number of aromatic nitrogens is 2. The third-order valence-corrected chi connectivity index (χ3v) is 3.57. The molecule has 2 aromatic heterocycles. The fraction of sp³-hybridized carbons (Fsp3) is 0.0667. The van der Waals surface area contributed by atoms with Crippen molar-refractivity contribution in [1.82, 2.24) is 9.97 Å². The molecule has 6 heteroatoms. The van der Waals surface area contributed by atoms with Gasteiger partial charge in [-0.25, -0.2) is 13.4 Å². The predicted octanol–water partition coefficient (Wildman–Crippen LogP) is 2.52. The number of hydrogen-bond acceptors (Lipinski definition) is 5. The van der Waals surface area contributed by atoms with Crippen LogP contribution in [0.3, 0.4) is 0 Å². The second kappa shape index (κ2) is 5.88. The molecule has 0 spiro atoms. The van der Waals surface area contributed by atoms with Gasteiger partial charge in [0.1, 0.15) is 28.4 Å². The summed E-state index contributed by atoms with van der Waals surface area (Å²) in [5, 5.41) is 0. The van der Waals surface area contributed by atoms with Crippen molar-refractivity contribution in [3.63, 3.8) is 0 Å². The van der Waals surface area contributed by atoms with Gasteiger partial charge in [-0.2, -0.15) is 0 Å². The van der Waals surface area contributed by atoms with Crippen molar-refractivity contribution in [3.05, 3.63) is 60.5 Å². The molecule has 3 aromatic rings. The Balaban J connectivity index is 1.86. The quantitative estimate of drug-likeness (QED) is 0.749. The normalized spacial score (nSPS) is 10.9. The molecule has 0 saturated carbocycles. The molecule has 1 aromatic carbocycles. The van der Waals surface area contributed by atoms with Crippen molar-refractivity contribution in [2.45, 2.75) is 5.75 Å². The molecule has 0 N–H and O–H groups in total. The molecular formula is C15H12N2O3S. The smallest absolute Gasteiger partial charge is 0.245 e. The molecule has 0 atom stereocenters. The van der Waals surface area contributed by atoms with Crippen LogP contribution >= 0.6 is 0 Å². The number of benzene rings is 1. The second-order valence-electron chi connectivity index (χ2n) is 4.44.